The number of carbonyl (C=O) groups excluding carboxylic acids is 10. The van der Waals surface area contributed by atoms with Gasteiger partial charge < -0.3 is 64.0 Å². The van der Waals surface area contributed by atoms with Crippen LogP contribution >= 0.6 is 0 Å². The minimum Gasteiger partial charge on any atom is -0.481 e. The average Bonchev–Trinajstić information content (AvgIpc) is 3.93. The second-order valence-electron chi connectivity index (χ2n) is 17.3. The highest BCUT2D eigenvalue weighted by molar-refractivity contribution is 5.99. The van der Waals surface area contributed by atoms with E-state index in [0.29, 0.717) is 38.5 Å². The van der Waals surface area contributed by atoms with Crippen LogP contribution in [-0.4, -0.2) is 148 Å². The van der Waals surface area contributed by atoms with Gasteiger partial charge in [-0.2, -0.15) is 0 Å². The van der Waals surface area contributed by atoms with Crippen LogP contribution in [0.3, 0.4) is 0 Å². The van der Waals surface area contributed by atoms with Gasteiger partial charge in [-0.1, -0.05) is 34.1 Å². The highest BCUT2D eigenvalue weighted by Crippen LogP contribution is 2.21. The largest absolute Gasteiger partial charge is 0.481 e. The van der Waals surface area contributed by atoms with Crippen molar-refractivity contribution in [3.05, 3.63) is 0 Å². The Balaban J connectivity index is 2.36. The molecule has 2 aliphatic heterocycles. The fourth-order valence-electron chi connectivity index (χ4n) is 7.88. The molecule has 366 valence electrons. The SMILES string of the molecule is CC[C@H](C)[C@H](NC(=O)[C@@H]1CCCN1C(=O)[C@H](C)NC(C)=O)C(=O)N[C@@H](CCCCN)C(=O)N[C@@H](CC(C)C)C(=O)N[C@@H](CCC(=O)O)C(=O)N[C@@H](CC(N)=O)C(=O)N1CCC[C@H]1C(N)=O. The molecule has 0 aromatic rings. The van der Waals surface area contributed by atoms with Crippen molar-refractivity contribution in [1.29, 1.82) is 0 Å². The third-order valence-corrected chi connectivity index (χ3v) is 11.5. The lowest BCUT2D eigenvalue weighted by Crippen LogP contribution is -2.61. The first kappa shape index (κ1) is 55.3. The van der Waals surface area contributed by atoms with Gasteiger partial charge >= 0.3 is 5.97 Å². The van der Waals surface area contributed by atoms with E-state index >= 15 is 0 Å². The third-order valence-electron chi connectivity index (χ3n) is 11.5. The van der Waals surface area contributed by atoms with Crippen molar-refractivity contribution in [2.45, 2.75) is 167 Å². The van der Waals surface area contributed by atoms with E-state index in [1.54, 1.807) is 20.8 Å². The van der Waals surface area contributed by atoms with Gasteiger partial charge in [-0.05, 0) is 83.1 Å². The van der Waals surface area contributed by atoms with Crippen molar-refractivity contribution in [3.63, 3.8) is 0 Å². The summed E-state index contributed by atoms with van der Waals surface area (Å²) in [5.74, 6) is -9.44. The zero-order valence-corrected chi connectivity index (χ0v) is 38.4. The standard InChI is InChI=1S/C42H71N11O12/c1-7-23(4)34(51-39(62)31-14-11-19-53(31)41(64)24(5)46-25(6)54)40(63)48-26(12-8-9-17-43)36(59)49-28(20-22(2)3)38(61)47-27(15-16-33(56)57)37(60)50-29(21-32(44)55)42(65)52-18-10-13-30(52)35(45)58/h22-24,26-31,34H,7-21,43H2,1-6H3,(H2,44,55)(H2,45,58)(H,46,54)(H,47,61)(H,48,63)(H,49,59)(H,50,60)(H,51,62)(H,56,57)/t23-,24-,26-,27-,28-,29-,30-,31-,34-/m0/s1. The summed E-state index contributed by atoms with van der Waals surface area (Å²) in [4.78, 5) is 146. The van der Waals surface area contributed by atoms with Crippen LogP contribution in [0.5, 0.6) is 0 Å². The van der Waals surface area contributed by atoms with Gasteiger partial charge in [-0.25, -0.2) is 0 Å². The van der Waals surface area contributed by atoms with Crippen LogP contribution in [0.25, 0.3) is 0 Å². The number of carboxylic acids is 1. The summed E-state index contributed by atoms with van der Waals surface area (Å²) in [6, 6.07) is -9.70. The zero-order valence-electron chi connectivity index (χ0n) is 38.4. The molecule has 0 unspecified atom stereocenters. The summed E-state index contributed by atoms with van der Waals surface area (Å²) in [5.41, 5.74) is 16.6. The lowest BCUT2D eigenvalue weighted by molar-refractivity contribution is -0.142. The molecule has 0 radical (unpaired) electrons. The van der Waals surface area contributed by atoms with Gasteiger partial charge in [-0.15, -0.1) is 0 Å². The van der Waals surface area contributed by atoms with Crippen LogP contribution < -0.4 is 49.1 Å². The Hall–Kier alpha value is -5.87. The highest BCUT2D eigenvalue weighted by Gasteiger charge is 2.41. The van der Waals surface area contributed by atoms with E-state index in [2.05, 4.69) is 31.9 Å². The van der Waals surface area contributed by atoms with Crippen molar-refractivity contribution in [2.24, 2.45) is 29.0 Å². The predicted octanol–water partition coefficient (Wildman–Crippen LogP) is -2.64. The Morgan fingerprint density at radius 1 is 0.662 bits per heavy atom. The van der Waals surface area contributed by atoms with Crippen LogP contribution in [0.15, 0.2) is 0 Å². The second-order valence-corrected chi connectivity index (χ2v) is 17.3. The number of unbranched alkanes of at least 4 members (excludes halogenated alkanes) is 1. The number of hydrogen-bond acceptors (Lipinski definition) is 12. The first-order valence-electron chi connectivity index (χ1n) is 22.4. The quantitative estimate of drug-likeness (QED) is 0.0378. The van der Waals surface area contributed by atoms with E-state index in [-0.39, 0.29) is 44.8 Å². The highest BCUT2D eigenvalue weighted by atomic mass is 16.4. The van der Waals surface area contributed by atoms with E-state index in [1.807, 2.05) is 6.92 Å². The number of hydrogen-bond donors (Lipinski definition) is 10. The lowest BCUT2D eigenvalue weighted by Gasteiger charge is -2.31. The molecule has 2 fully saturated rings. The first-order chi connectivity index (χ1) is 30.5. The summed E-state index contributed by atoms with van der Waals surface area (Å²) >= 11 is 0. The number of nitrogens with zero attached hydrogens (tertiary/aromatic N) is 2. The predicted molar refractivity (Wildman–Crippen MR) is 234 cm³/mol. The molecular formula is C42H71N11O12. The van der Waals surface area contributed by atoms with Gasteiger partial charge in [-0.3, -0.25) is 52.7 Å². The molecule has 23 heteroatoms. The average molecular weight is 922 g/mol. The van der Waals surface area contributed by atoms with E-state index in [9.17, 15) is 57.8 Å². The Kier molecular flexibility index (Phi) is 22.8. The monoisotopic (exact) mass is 922 g/mol. The van der Waals surface area contributed by atoms with Crippen LogP contribution in [-0.2, 0) is 52.7 Å². The van der Waals surface area contributed by atoms with Crippen LogP contribution in [0.2, 0.25) is 0 Å². The van der Waals surface area contributed by atoms with Crippen LogP contribution in [0, 0.1) is 11.8 Å². The zero-order chi connectivity index (χ0) is 49.1. The number of nitrogens with two attached hydrogens (primary N) is 3. The number of aliphatic carboxylic acids is 1. The van der Waals surface area contributed by atoms with Gasteiger partial charge in [0, 0.05) is 26.4 Å². The Bertz CT molecular complexity index is 1750. The van der Waals surface area contributed by atoms with Gasteiger partial charge in [0.15, 0.2) is 0 Å². The Morgan fingerprint density at radius 2 is 1.18 bits per heavy atom. The number of carbonyl (C=O) groups is 11. The molecule has 0 spiro atoms. The van der Waals surface area contributed by atoms with Crippen LogP contribution in [0.1, 0.15) is 119 Å². The maximum absolute atomic E-state index is 14.1. The molecule has 2 heterocycles. The molecular weight excluding hydrogens is 851 g/mol. The van der Waals surface area contributed by atoms with Gasteiger partial charge in [0.1, 0.15) is 48.3 Å². The normalized spacial score (nSPS) is 19.1. The van der Waals surface area contributed by atoms with Crippen molar-refractivity contribution in [1.82, 2.24) is 41.7 Å². The topological polar surface area (TPSA) is 365 Å². The number of carboxylic acid groups (broad SMARTS) is 1. The molecule has 2 aliphatic rings. The number of likely N-dealkylation sites (tertiary alicyclic amines) is 2. The summed E-state index contributed by atoms with van der Waals surface area (Å²) < 4.78 is 0. The van der Waals surface area contributed by atoms with E-state index in [0.717, 1.165) is 4.90 Å². The minimum atomic E-state index is -1.60. The van der Waals surface area contributed by atoms with Crippen LogP contribution in [0.4, 0.5) is 0 Å². The fraction of sp³-hybridized carbons (Fsp3) is 0.738. The summed E-state index contributed by atoms with van der Waals surface area (Å²) in [7, 11) is 0. The number of rotatable bonds is 27. The maximum atomic E-state index is 14.1. The molecule has 0 aromatic carbocycles. The molecule has 23 nitrogen and oxygen atoms in total. The maximum Gasteiger partial charge on any atom is 0.303 e. The summed E-state index contributed by atoms with van der Waals surface area (Å²) in [5, 5.41) is 25.0. The summed E-state index contributed by atoms with van der Waals surface area (Å²) in [6.45, 7) is 10.5. The fourth-order valence-corrected chi connectivity index (χ4v) is 7.88. The Morgan fingerprint density at radius 3 is 1.71 bits per heavy atom. The molecule has 2 saturated heterocycles. The third kappa shape index (κ3) is 17.6. The van der Waals surface area contributed by atoms with E-state index < -0.39 is 139 Å². The second kappa shape index (κ2) is 26.8. The minimum absolute atomic E-state index is 0.0171. The van der Waals surface area contributed by atoms with Gasteiger partial charge in [0.2, 0.25) is 59.1 Å². The van der Waals surface area contributed by atoms with E-state index in [4.69, 9.17) is 17.2 Å². The molecule has 0 saturated carbocycles. The van der Waals surface area contributed by atoms with Crippen molar-refractivity contribution >= 4 is 65.0 Å². The molecule has 13 N–H and O–H groups in total. The Labute approximate surface area is 379 Å². The molecule has 10 amide bonds. The lowest BCUT2D eigenvalue weighted by atomic mass is 9.96. The molecule has 0 aromatic heterocycles. The molecule has 9 atom stereocenters. The molecule has 65 heavy (non-hydrogen) atoms. The molecule has 0 aliphatic carbocycles. The van der Waals surface area contributed by atoms with Crippen molar-refractivity contribution in [2.75, 3.05) is 19.6 Å². The molecule has 2 rings (SSSR count). The van der Waals surface area contributed by atoms with Crippen molar-refractivity contribution in [3.8, 4) is 0 Å². The number of primary amides is 2. The van der Waals surface area contributed by atoms with Gasteiger partial charge in [0.05, 0.1) is 6.42 Å². The smallest absolute Gasteiger partial charge is 0.303 e. The summed E-state index contributed by atoms with van der Waals surface area (Å²) in [6.07, 6.45) is 1.14. The first-order valence-corrected chi connectivity index (χ1v) is 22.4. The van der Waals surface area contributed by atoms with E-state index in [1.165, 1.54) is 18.7 Å². The molecule has 0 bridgehead atoms. The van der Waals surface area contributed by atoms with Crippen molar-refractivity contribution < 1.29 is 57.8 Å². The number of amides is 10. The van der Waals surface area contributed by atoms with Gasteiger partial charge in [0.25, 0.3) is 0 Å². The number of nitrogens with one attached hydrogen (secondary N) is 6.